The normalized spacial score (nSPS) is 14.7. The maximum atomic E-state index is 14.6. The molecule has 3 aromatic carbocycles. The Hall–Kier alpha value is -3.36. The number of hydrazine groups is 1. The van der Waals surface area contributed by atoms with Gasteiger partial charge >= 0.3 is 0 Å². The first-order chi connectivity index (χ1) is 18.4. The number of fused-ring (bicyclic) bond motifs is 1. The van der Waals surface area contributed by atoms with Crippen LogP contribution in [0.25, 0.3) is 0 Å². The fraction of sp³-hybridized carbons (Fsp3) is 0.387. The summed E-state index contributed by atoms with van der Waals surface area (Å²) in [4.78, 5) is 15.5. The highest BCUT2D eigenvalue weighted by Crippen LogP contribution is 2.45. The summed E-state index contributed by atoms with van der Waals surface area (Å²) in [6.45, 7) is 12.3. The first kappa shape index (κ1) is 28.6. The molecule has 4 N–H and O–H groups in total. The summed E-state index contributed by atoms with van der Waals surface area (Å²) < 4.78 is 20.5. The molecular weight excluding hydrogens is 490 g/mol. The number of halogens is 1. The van der Waals surface area contributed by atoms with Gasteiger partial charge in [-0.3, -0.25) is 4.90 Å². The van der Waals surface area contributed by atoms with Gasteiger partial charge in [0, 0.05) is 43.6 Å². The third kappa shape index (κ3) is 5.68. The fourth-order valence-corrected chi connectivity index (χ4v) is 5.79. The van der Waals surface area contributed by atoms with E-state index in [1.807, 2.05) is 45.8 Å². The summed E-state index contributed by atoms with van der Waals surface area (Å²) in [5, 5.41) is 1.51. The molecular formula is C31H40BFN4O2. The van der Waals surface area contributed by atoms with E-state index in [-0.39, 0.29) is 17.4 Å². The lowest BCUT2D eigenvalue weighted by Crippen LogP contribution is -2.36. The molecule has 206 valence electrons. The Morgan fingerprint density at radius 2 is 1.95 bits per heavy atom. The van der Waals surface area contributed by atoms with Gasteiger partial charge in [-0.05, 0) is 59.9 Å². The van der Waals surface area contributed by atoms with Crippen LogP contribution in [-0.4, -0.2) is 38.1 Å². The minimum atomic E-state index is -0.673. The first-order valence-corrected chi connectivity index (χ1v) is 13.6. The zero-order valence-electron chi connectivity index (χ0n) is 24.0. The number of nitrogens with zero attached hydrogens (tertiary/aromatic N) is 2. The Kier molecular flexibility index (Phi) is 8.38. The highest BCUT2D eigenvalue weighted by atomic mass is 19.1. The number of ether oxygens (including phenoxy) is 1. The van der Waals surface area contributed by atoms with E-state index in [1.165, 1.54) is 11.1 Å². The highest BCUT2D eigenvalue weighted by molar-refractivity contribution is 6.73. The topological polar surface area (TPSA) is 84.8 Å². The second-order valence-electron chi connectivity index (χ2n) is 11.2. The van der Waals surface area contributed by atoms with Crippen molar-refractivity contribution in [2.75, 3.05) is 30.9 Å². The number of carbonyl (C=O) groups is 1. The Bertz CT molecular complexity index is 1370. The van der Waals surface area contributed by atoms with Gasteiger partial charge in [0.15, 0.2) is 0 Å². The molecule has 1 aliphatic heterocycles. The van der Waals surface area contributed by atoms with Crippen LogP contribution in [-0.2, 0) is 17.9 Å². The predicted octanol–water partition coefficient (Wildman–Crippen LogP) is 4.90. The van der Waals surface area contributed by atoms with Crippen LogP contribution in [0.4, 0.5) is 15.8 Å². The molecule has 1 unspecified atom stereocenters. The summed E-state index contributed by atoms with van der Waals surface area (Å²) >= 11 is 0. The van der Waals surface area contributed by atoms with Crippen molar-refractivity contribution in [2.45, 2.75) is 53.5 Å². The molecule has 8 heteroatoms. The number of aryl methyl sites for hydroxylation is 1. The van der Waals surface area contributed by atoms with E-state index in [0.717, 1.165) is 33.5 Å². The predicted molar refractivity (Wildman–Crippen MR) is 159 cm³/mol. The van der Waals surface area contributed by atoms with Crippen molar-refractivity contribution >= 4 is 24.3 Å². The van der Waals surface area contributed by atoms with Gasteiger partial charge in [-0.15, -0.1) is 0 Å². The van der Waals surface area contributed by atoms with Gasteiger partial charge in [0.05, 0.1) is 17.1 Å². The summed E-state index contributed by atoms with van der Waals surface area (Å²) in [5.41, 5.74) is 13.3. The van der Waals surface area contributed by atoms with Crippen molar-refractivity contribution in [3.63, 3.8) is 0 Å². The van der Waals surface area contributed by atoms with Gasteiger partial charge in [-0.25, -0.2) is 10.2 Å². The molecule has 0 radical (unpaired) electrons. The Morgan fingerprint density at radius 1 is 1.21 bits per heavy atom. The van der Waals surface area contributed by atoms with E-state index >= 15 is 0 Å². The highest BCUT2D eigenvalue weighted by Gasteiger charge is 2.39. The zero-order chi connectivity index (χ0) is 28.5. The second kappa shape index (κ2) is 11.4. The molecule has 0 bridgehead atoms. The first-order valence-electron chi connectivity index (χ1n) is 13.6. The van der Waals surface area contributed by atoms with Crippen LogP contribution >= 0.6 is 0 Å². The largest absolute Gasteiger partial charge is 0.492 e. The minimum Gasteiger partial charge on any atom is -0.492 e. The van der Waals surface area contributed by atoms with Crippen LogP contribution in [0.15, 0.2) is 48.5 Å². The van der Waals surface area contributed by atoms with Crippen LogP contribution in [0.3, 0.4) is 0 Å². The van der Waals surface area contributed by atoms with Gasteiger partial charge in [0.25, 0.3) is 0 Å². The van der Waals surface area contributed by atoms with Crippen LogP contribution in [0.2, 0.25) is 6.82 Å². The molecule has 39 heavy (non-hydrogen) atoms. The van der Waals surface area contributed by atoms with Crippen molar-refractivity contribution in [2.24, 2.45) is 11.3 Å². The fourth-order valence-electron chi connectivity index (χ4n) is 5.79. The van der Waals surface area contributed by atoms with Crippen molar-refractivity contribution in [3.8, 4) is 5.75 Å². The monoisotopic (exact) mass is 530 g/mol. The van der Waals surface area contributed by atoms with Crippen molar-refractivity contribution in [1.82, 2.24) is 4.90 Å². The lowest BCUT2D eigenvalue weighted by molar-refractivity contribution is -0.119. The van der Waals surface area contributed by atoms with E-state index in [1.54, 1.807) is 13.1 Å². The number of nitrogen functional groups attached to an aromatic ring is 1. The quantitative estimate of drug-likeness (QED) is 0.187. The van der Waals surface area contributed by atoms with Gasteiger partial charge in [0.2, 0.25) is 7.28 Å². The van der Waals surface area contributed by atoms with E-state index in [2.05, 4.69) is 30.0 Å². The lowest BCUT2D eigenvalue weighted by Gasteiger charge is -2.36. The number of anilines is 2. The summed E-state index contributed by atoms with van der Waals surface area (Å²) in [5.74, 6) is 6.17. The summed E-state index contributed by atoms with van der Waals surface area (Å²) in [7, 11) is 2.20. The van der Waals surface area contributed by atoms with Gasteiger partial charge in [-0.2, -0.15) is 0 Å². The second-order valence-corrected chi connectivity index (χ2v) is 11.2. The molecule has 3 aromatic rings. The average molecular weight is 530 g/mol. The Morgan fingerprint density at radius 3 is 2.64 bits per heavy atom. The lowest BCUT2D eigenvalue weighted by atomic mass is 9.57. The molecule has 0 spiro atoms. The maximum Gasteiger partial charge on any atom is 0.203 e. The number of benzene rings is 3. The molecule has 1 heterocycles. The van der Waals surface area contributed by atoms with Crippen molar-refractivity contribution in [3.05, 3.63) is 87.7 Å². The molecule has 1 atom stereocenters. The summed E-state index contributed by atoms with van der Waals surface area (Å²) in [6.07, 6.45) is 0. The minimum absolute atomic E-state index is 0.185. The van der Waals surface area contributed by atoms with Gasteiger partial charge in [0.1, 0.15) is 18.2 Å². The van der Waals surface area contributed by atoms with E-state index in [0.29, 0.717) is 50.5 Å². The van der Waals surface area contributed by atoms with Crippen LogP contribution in [0.5, 0.6) is 5.75 Å². The smallest absolute Gasteiger partial charge is 0.203 e. The average Bonchev–Trinajstić information content (AvgIpc) is 3.10. The molecule has 4 rings (SSSR count). The molecule has 0 saturated heterocycles. The number of hydrogen-bond acceptors (Lipinski definition) is 6. The third-order valence-corrected chi connectivity index (χ3v) is 8.21. The number of nitrogens with two attached hydrogens (primary N) is 2. The standard InChI is InChI=1S/C31H40BFN4O2/c1-19-10-11-21(16-22(19)17-37-14-15-39-27-9-7-8-25(33)24(27)18-37)28(31(3,4)30(38)32-5)23-12-13-26(36(6)35)29(34)20(23)2/h7-13,16,28,32H,14-15,17-18,34-35H2,1-6H3. The van der Waals surface area contributed by atoms with E-state index in [4.69, 9.17) is 16.3 Å². The van der Waals surface area contributed by atoms with Crippen molar-refractivity contribution < 1.29 is 13.9 Å². The van der Waals surface area contributed by atoms with Crippen molar-refractivity contribution in [1.29, 1.82) is 0 Å². The third-order valence-electron chi connectivity index (χ3n) is 8.21. The molecule has 0 amide bonds. The Labute approximate surface area is 232 Å². The SMILES string of the molecule is CBC(=O)C(C)(C)C(c1ccc(C)c(CN2CCOc3cccc(F)c3C2)c1)c1ccc(N(C)N)c(N)c1C. The molecule has 6 nitrogen and oxygen atoms in total. The number of carbonyl (C=O) groups excluding carboxylic acids is 1. The molecule has 1 aliphatic rings. The van der Waals surface area contributed by atoms with Crippen LogP contribution in [0.1, 0.15) is 53.1 Å². The molecule has 0 aliphatic carbocycles. The van der Waals surface area contributed by atoms with Gasteiger partial charge < -0.3 is 20.3 Å². The summed E-state index contributed by atoms with van der Waals surface area (Å²) in [6, 6.07) is 15.4. The van der Waals surface area contributed by atoms with Gasteiger partial charge in [-0.1, -0.05) is 51.0 Å². The zero-order valence-corrected chi connectivity index (χ0v) is 24.0. The molecule has 0 fully saturated rings. The van der Waals surface area contributed by atoms with E-state index in [9.17, 15) is 9.18 Å². The molecule has 0 saturated carbocycles. The van der Waals surface area contributed by atoms with E-state index < -0.39 is 5.41 Å². The number of rotatable bonds is 8. The van der Waals surface area contributed by atoms with Crippen LogP contribution in [0, 0.1) is 25.1 Å². The number of hydrogen-bond donors (Lipinski definition) is 2. The Balaban J connectivity index is 1.77. The van der Waals surface area contributed by atoms with Crippen LogP contribution < -0.4 is 21.3 Å². The maximum absolute atomic E-state index is 14.6. The molecule has 0 aromatic heterocycles.